The van der Waals surface area contributed by atoms with E-state index in [0.717, 1.165) is 16.3 Å². The van der Waals surface area contributed by atoms with Gasteiger partial charge in [-0.1, -0.05) is 30.3 Å². The zero-order chi connectivity index (χ0) is 21.2. The highest BCUT2D eigenvalue weighted by Gasteiger charge is 2.42. The Bertz CT molecular complexity index is 1050. The number of thioether (sulfide) groups is 1. The number of imidazole rings is 1. The van der Waals surface area contributed by atoms with Crippen LogP contribution in [0.25, 0.3) is 16.5 Å². The van der Waals surface area contributed by atoms with Crippen molar-refractivity contribution in [3.05, 3.63) is 52.8 Å². The summed E-state index contributed by atoms with van der Waals surface area (Å²) in [6, 6.07) is 11.0. The number of nitrogens with zero attached hydrogens (tertiary/aromatic N) is 2. The summed E-state index contributed by atoms with van der Waals surface area (Å²) in [5, 5.41) is 17.0. The third-order valence-electron chi connectivity index (χ3n) is 4.07. The number of rotatable bonds is 7. The molecule has 7 nitrogen and oxygen atoms in total. The molecule has 0 aliphatic rings. The topological polar surface area (TPSA) is 113 Å². The van der Waals surface area contributed by atoms with Gasteiger partial charge in [-0.25, -0.2) is 4.98 Å². The maximum atomic E-state index is 14.4. The lowest BCUT2D eigenvalue weighted by molar-refractivity contribution is -0.137. The van der Waals surface area contributed by atoms with Gasteiger partial charge in [0, 0.05) is 11.9 Å². The summed E-state index contributed by atoms with van der Waals surface area (Å²) >= 11 is 3.28. The van der Waals surface area contributed by atoms with E-state index in [4.69, 9.17) is 15.9 Å². The molecular weight excluding hydrogens is 470 g/mol. The number of halogens is 3. The number of alkyl halides is 2. The van der Waals surface area contributed by atoms with E-state index in [2.05, 4.69) is 20.9 Å². The number of nitrogens with one attached hydrogen (secondary N) is 1. The van der Waals surface area contributed by atoms with Crippen LogP contribution < -0.4 is 11.1 Å². The van der Waals surface area contributed by atoms with Crippen molar-refractivity contribution >= 4 is 44.4 Å². The predicted molar refractivity (Wildman–Crippen MR) is 109 cm³/mol. The number of hydrogen-bond acceptors (Lipinski definition) is 6. The first-order valence-corrected chi connectivity index (χ1v) is 10.0. The van der Waals surface area contributed by atoms with Gasteiger partial charge in [-0.2, -0.15) is 8.78 Å². The SMILES string of the molecule is NCc1ccc(-n2c(Br)cnc2SC(F)(F)C(=O)NCC(O)O)c2ccccc12. The average Bonchev–Trinajstić information content (AvgIpc) is 3.04. The minimum atomic E-state index is -3.88. The number of aliphatic hydroxyl groups excluding tert-OH is 1. The fourth-order valence-electron chi connectivity index (χ4n) is 2.77. The Balaban J connectivity index is 2.01. The van der Waals surface area contributed by atoms with Gasteiger partial charge in [0.05, 0.1) is 18.4 Å². The molecular formula is C18H17BrF2N4O3S. The van der Waals surface area contributed by atoms with Crippen molar-refractivity contribution in [2.24, 2.45) is 5.73 Å². The smallest absolute Gasteiger partial charge is 0.367 e. The maximum Gasteiger partial charge on any atom is 0.377 e. The highest BCUT2D eigenvalue weighted by atomic mass is 79.9. The molecule has 3 rings (SSSR count). The Kier molecular flexibility index (Phi) is 6.54. The number of fused-ring (bicyclic) bond motifs is 1. The molecule has 5 N–H and O–H groups in total. The van der Waals surface area contributed by atoms with Gasteiger partial charge in [0.25, 0.3) is 0 Å². The van der Waals surface area contributed by atoms with E-state index in [1.165, 1.54) is 10.8 Å². The fraction of sp³-hybridized carbons (Fsp3) is 0.222. The first-order valence-electron chi connectivity index (χ1n) is 8.40. The molecule has 0 aliphatic heterocycles. The number of amides is 1. The lowest BCUT2D eigenvalue weighted by Gasteiger charge is -2.18. The zero-order valence-corrected chi connectivity index (χ0v) is 17.3. The number of nitrogens with two attached hydrogens (primary N) is 1. The largest absolute Gasteiger partial charge is 0.377 e. The number of carbonyl (C=O) groups excluding carboxylic acids is 1. The van der Waals surface area contributed by atoms with Crippen LogP contribution in [-0.4, -0.2) is 43.8 Å². The van der Waals surface area contributed by atoms with E-state index in [1.54, 1.807) is 11.4 Å². The summed E-state index contributed by atoms with van der Waals surface area (Å²) in [6.07, 6.45) is -0.567. The fourth-order valence-corrected chi connectivity index (χ4v) is 4.14. The van der Waals surface area contributed by atoms with E-state index in [-0.39, 0.29) is 16.9 Å². The van der Waals surface area contributed by atoms with Crippen LogP contribution in [0.1, 0.15) is 5.56 Å². The van der Waals surface area contributed by atoms with Crippen LogP contribution in [0.5, 0.6) is 0 Å². The second-order valence-corrected chi connectivity index (χ2v) is 7.90. The van der Waals surface area contributed by atoms with Crippen molar-refractivity contribution in [3.8, 4) is 5.69 Å². The molecule has 3 aromatic rings. The molecule has 0 radical (unpaired) electrons. The third kappa shape index (κ3) is 4.59. The number of carbonyl (C=O) groups is 1. The van der Waals surface area contributed by atoms with E-state index in [9.17, 15) is 13.6 Å². The molecule has 154 valence electrons. The molecule has 1 aromatic heterocycles. The van der Waals surface area contributed by atoms with Crippen LogP contribution in [0, 0.1) is 0 Å². The van der Waals surface area contributed by atoms with Gasteiger partial charge in [0.2, 0.25) is 0 Å². The average molecular weight is 487 g/mol. The molecule has 29 heavy (non-hydrogen) atoms. The second-order valence-electron chi connectivity index (χ2n) is 6.00. The molecule has 0 aliphatic carbocycles. The quantitative estimate of drug-likeness (QED) is 0.301. The first kappa shape index (κ1) is 21.7. The lowest BCUT2D eigenvalue weighted by atomic mass is 10.0. The summed E-state index contributed by atoms with van der Waals surface area (Å²) < 4.78 is 30.7. The maximum absolute atomic E-state index is 14.4. The molecule has 0 fully saturated rings. The van der Waals surface area contributed by atoms with Gasteiger partial charge in [0.15, 0.2) is 11.4 Å². The summed E-state index contributed by atoms with van der Waals surface area (Å²) in [6.45, 7) is -0.388. The normalized spacial score (nSPS) is 12.0. The van der Waals surface area contributed by atoms with Crippen LogP contribution in [0.3, 0.4) is 0 Å². The second kappa shape index (κ2) is 8.76. The van der Waals surface area contributed by atoms with Crippen molar-refractivity contribution in [1.29, 1.82) is 0 Å². The lowest BCUT2D eigenvalue weighted by Crippen LogP contribution is -2.41. The van der Waals surface area contributed by atoms with Crippen molar-refractivity contribution in [2.75, 3.05) is 6.54 Å². The Labute approximate surface area is 177 Å². The molecule has 0 saturated carbocycles. The Morgan fingerprint density at radius 1 is 1.28 bits per heavy atom. The number of hydrogen-bond donors (Lipinski definition) is 4. The van der Waals surface area contributed by atoms with Crippen molar-refractivity contribution in [3.63, 3.8) is 0 Å². The molecule has 11 heteroatoms. The highest BCUT2D eigenvalue weighted by molar-refractivity contribution is 9.10. The standard InChI is InChI=1S/C18H17BrF2N4O3S/c19-14-8-24-17(29-18(20,21)16(28)23-9-15(26)27)25(14)13-6-5-10(7-22)11-3-1-2-4-12(11)13/h1-6,8,15,26-27H,7,9,22H2,(H,23,28). The van der Waals surface area contributed by atoms with Gasteiger partial charge in [-0.15, -0.1) is 0 Å². The van der Waals surface area contributed by atoms with E-state index in [1.807, 2.05) is 30.3 Å². The van der Waals surface area contributed by atoms with Gasteiger partial charge < -0.3 is 21.3 Å². The van der Waals surface area contributed by atoms with Gasteiger partial charge in [0.1, 0.15) is 4.60 Å². The Hall–Kier alpha value is -2.05. The van der Waals surface area contributed by atoms with Crippen LogP contribution in [0.15, 0.2) is 52.4 Å². The number of aromatic nitrogens is 2. The minimum absolute atomic E-state index is 0.0450. The highest BCUT2D eigenvalue weighted by Crippen LogP contribution is 2.39. The number of benzene rings is 2. The first-order chi connectivity index (χ1) is 13.7. The molecule has 1 amide bonds. The summed E-state index contributed by atoms with van der Waals surface area (Å²) in [5.41, 5.74) is 7.29. The van der Waals surface area contributed by atoms with Crippen LogP contribution in [0.2, 0.25) is 0 Å². The zero-order valence-electron chi connectivity index (χ0n) is 14.8. The third-order valence-corrected chi connectivity index (χ3v) is 5.54. The molecule has 0 unspecified atom stereocenters. The van der Waals surface area contributed by atoms with Crippen LogP contribution in [0.4, 0.5) is 8.78 Å². The van der Waals surface area contributed by atoms with Crippen molar-refractivity contribution in [1.82, 2.24) is 14.9 Å². The molecule has 0 atom stereocenters. The summed E-state index contributed by atoms with van der Waals surface area (Å²) in [5.74, 6) is -1.65. The van der Waals surface area contributed by atoms with Crippen LogP contribution in [-0.2, 0) is 11.3 Å². The summed E-state index contributed by atoms with van der Waals surface area (Å²) in [4.78, 5) is 15.8. The minimum Gasteiger partial charge on any atom is -0.367 e. The molecule has 0 bridgehead atoms. The van der Waals surface area contributed by atoms with Crippen molar-refractivity contribution < 1.29 is 23.8 Å². The molecule has 0 saturated heterocycles. The van der Waals surface area contributed by atoms with E-state index >= 15 is 0 Å². The van der Waals surface area contributed by atoms with Crippen LogP contribution >= 0.6 is 27.7 Å². The number of aliphatic hydroxyl groups is 2. The van der Waals surface area contributed by atoms with E-state index < -0.39 is 24.0 Å². The molecule has 1 heterocycles. The molecule has 2 aromatic carbocycles. The van der Waals surface area contributed by atoms with Gasteiger partial charge >= 0.3 is 11.2 Å². The molecule has 0 spiro atoms. The summed E-state index contributed by atoms with van der Waals surface area (Å²) in [7, 11) is 0. The Morgan fingerprint density at radius 2 is 1.97 bits per heavy atom. The van der Waals surface area contributed by atoms with Crippen molar-refractivity contribution in [2.45, 2.75) is 23.2 Å². The van der Waals surface area contributed by atoms with Gasteiger partial charge in [-0.05, 0) is 44.7 Å². The monoisotopic (exact) mass is 486 g/mol. The van der Waals surface area contributed by atoms with Gasteiger partial charge in [-0.3, -0.25) is 9.36 Å². The Morgan fingerprint density at radius 3 is 2.62 bits per heavy atom. The predicted octanol–water partition coefficient (Wildman–Crippen LogP) is 2.36. The van der Waals surface area contributed by atoms with E-state index in [0.29, 0.717) is 16.8 Å².